The van der Waals surface area contributed by atoms with E-state index in [1.165, 1.54) is 19.3 Å². The van der Waals surface area contributed by atoms with Gasteiger partial charge in [-0.25, -0.2) is 0 Å². The van der Waals surface area contributed by atoms with Crippen molar-refractivity contribution < 1.29 is 9.47 Å². The molecule has 0 atom stereocenters. The lowest BCUT2D eigenvalue weighted by Gasteiger charge is -2.13. The van der Waals surface area contributed by atoms with Crippen LogP contribution in [0.25, 0.3) is 0 Å². The number of benzene rings is 1. The summed E-state index contributed by atoms with van der Waals surface area (Å²) >= 11 is 0. The van der Waals surface area contributed by atoms with E-state index in [-0.39, 0.29) is 0 Å². The minimum atomic E-state index is 0.779. The number of rotatable bonds is 3. The van der Waals surface area contributed by atoms with Crippen LogP contribution in [0, 0.1) is 0 Å². The first kappa shape index (κ1) is 12.7. The largest absolute Gasteiger partial charge is 0.497 e. The molecule has 1 aliphatic heterocycles. The summed E-state index contributed by atoms with van der Waals surface area (Å²) < 4.78 is 10.5. The number of anilines is 1. The molecule has 0 saturated heterocycles. The average molecular weight is 248 g/mol. The predicted octanol–water partition coefficient (Wildman–Crippen LogP) is 3.09. The first-order valence-electron chi connectivity index (χ1n) is 6.36. The van der Waals surface area contributed by atoms with E-state index in [2.05, 4.69) is 10.3 Å². The molecule has 0 spiro atoms. The molecular formula is C14H20N2O2. The summed E-state index contributed by atoms with van der Waals surface area (Å²) in [5.74, 6) is 2.62. The molecule has 0 amide bonds. The highest BCUT2D eigenvalue weighted by atomic mass is 16.5. The second-order valence-electron chi connectivity index (χ2n) is 4.33. The third-order valence-electron chi connectivity index (χ3n) is 3.06. The monoisotopic (exact) mass is 248 g/mol. The third-order valence-corrected chi connectivity index (χ3v) is 3.06. The van der Waals surface area contributed by atoms with Crippen LogP contribution in [0.4, 0.5) is 5.69 Å². The van der Waals surface area contributed by atoms with Crippen LogP contribution in [0.1, 0.15) is 25.7 Å². The molecule has 0 fully saturated rings. The molecule has 0 saturated carbocycles. The van der Waals surface area contributed by atoms with Crippen molar-refractivity contribution in [3.8, 4) is 11.5 Å². The van der Waals surface area contributed by atoms with E-state index in [1.807, 2.05) is 18.2 Å². The van der Waals surface area contributed by atoms with Gasteiger partial charge in [0.15, 0.2) is 0 Å². The van der Waals surface area contributed by atoms with Crippen molar-refractivity contribution in [1.29, 1.82) is 0 Å². The SMILES string of the molecule is COc1ccc(NC2=NCCCCC2)c(OC)c1. The fraction of sp³-hybridized carbons (Fsp3) is 0.500. The second kappa shape index (κ2) is 6.28. The van der Waals surface area contributed by atoms with Gasteiger partial charge in [-0.15, -0.1) is 0 Å². The van der Waals surface area contributed by atoms with Gasteiger partial charge in [0, 0.05) is 19.0 Å². The molecule has 0 aliphatic carbocycles. The number of hydrogen-bond acceptors (Lipinski definition) is 4. The van der Waals surface area contributed by atoms with Gasteiger partial charge < -0.3 is 14.8 Å². The van der Waals surface area contributed by atoms with Crippen LogP contribution in [-0.2, 0) is 0 Å². The summed E-state index contributed by atoms with van der Waals surface area (Å²) in [6.07, 6.45) is 4.65. The Kier molecular flexibility index (Phi) is 4.45. The number of hydrogen-bond donors (Lipinski definition) is 1. The van der Waals surface area contributed by atoms with Crippen molar-refractivity contribution in [2.45, 2.75) is 25.7 Å². The Morgan fingerprint density at radius 2 is 2.00 bits per heavy atom. The fourth-order valence-electron chi connectivity index (χ4n) is 2.03. The summed E-state index contributed by atoms with van der Waals surface area (Å²) in [5.41, 5.74) is 0.943. The standard InChI is InChI=1S/C14H20N2O2/c1-17-11-7-8-12(13(10-11)18-2)16-14-6-4-3-5-9-15-14/h7-8,10H,3-6,9H2,1-2H3,(H,15,16). The molecule has 0 aromatic heterocycles. The van der Waals surface area contributed by atoms with Gasteiger partial charge in [-0.1, -0.05) is 6.42 Å². The lowest BCUT2D eigenvalue weighted by Crippen LogP contribution is -2.12. The number of nitrogens with zero attached hydrogens (tertiary/aromatic N) is 1. The highest BCUT2D eigenvalue weighted by Gasteiger charge is 2.09. The summed E-state index contributed by atoms with van der Waals surface area (Å²) in [7, 11) is 3.31. The van der Waals surface area contributed by atoms with Gasteiger partial charge in [0.2, 0.25) is 0 Å². The van der Waals surface area contributed by atoms with E-state index in [4.69, 9.17) is 9.47 Å². The number of nitrogens with one attached hydrogen (secondary N) is 1. The molecule has 0 unspecified atom stereocenters. The number of ether oxygens (including phenoxy) is 2. The summed E-state index contributed by atoms with van der Waals surface area (Å²) in [6, 6.07) is 5.76. The van der Waals surface area contributed by atoms with Crippen molar-refractivity contribution in [1.82, 2.24) is 0 Å². The molecule has 1 heterocycles. The molecule has 1 N–H and O–H groups in total. The van der Waals surface area contributed by atoms with E-state index < -0.39 is 0 Å². The van der Waals surface area contributed by atoms with Crippen LogP contribution < -0.4 is 14.8 Å². The Bertz CT molecular complexity index is 430. The molecule has 4 heteroatoms. The normalized spacial score (nSPS) is 15.6. The van der Waals surface area contributed by atoms with E-state index in [9.17, 15) is 0 Å². The Hall–Kier alpha value is -1.71. The van der Waals surface area contributed by atoms with Gasteiger partial charge in [-0.3, -0.25) is 4.99 Å². The zero-order valence-electron chi connectivity index (χ0n) is 11.0. The molecule has 0 radical (unpaired) electrons. The maximum atomic E-state index is 5.36. The van der Waals surface area contributed by atoms with Gasteiger partial charge in [0.1, 0.15) is 17.3 Å². The minimum Gasteiger partial charge on any atom is -0.497 e. The van der Waals surface area contributed by atoms with Crippen LogP contribution in [-0.4, -0.2) is 26.6 Å². The summed E-state index contributed by atoms with van der Waals surface area (Å²) in [6.45, 7) is 0.917. The molecule has 1 aromatic rings. The van der Waals surface area contributed by atoms with Crippen LogP contribution in [0.5, 0.6) is 11.5 Å². The molecular weight excluding hydrogens is 228 g/mol. The first-order chi connectivity index (χ1) is 8.83. The Morgan fingerprint density at radius 1 is 1.11 bits per heavy atom. The molecule has 0 bridgehead atoms. The zero-order chi connectivity index (χ0) is 12.8. The minimum absolute atomic E-state index is 0.779. The van der Waals surface area contributed by atoms with Crippen molar-refractivity contribution in [3.05, 3.63) is 18.2 Å². The van der Waals surface area contributed by atoms with E-state index in [0.29, 0.717) is 0 Å². The van der Waals surface area contributed by atoms with Crippen molar-refractivity contribution >= 4 is 11.5 Å². The molecule has 18 heavy (non-hydrogen) atoms. The first-order valence-corrected chi connectivity index (χ1v) is 6.36. The van der Waals surface area contributed by atoms with Gasteiger partial charge >= 0.3 is 0 Å². The second-order valence-corrected chi connectivity index (χ2v) is 4.33. The molecule has 4 nitrogen and oxygen atoms in total. The summed E-state index contributed by atoms with van der Waals surface area (Å²) in [5, 5.41) is 3.36. The quantitative estimate of drug-likeness (QED) is 0.893. The number of methoxy groups -OCH3 is 2. The number of amidine groups is 1. The Balaban J connectivity index is 2.14. The van der Waals surface area contributed by atoms with Gasteiger partial charge in [-0.05, 0) is 25.0 Å². The predicted molar refractivity (Wildman–Crippen MR) is 73.9 cm³/mol. The Labute approximate surface area is 108 Å². The lowest BCUT2D eigenvalue weighted by molar-refractivity contribution is 0.395. The van der Waals surface area contributed by atoms with Gasteiger partial charge in [0.05, 0.1) is 19.9 Å². The zero-order valence-corrected chi connectivity index (χ0v) is 11.0. The van der Waals surface area contributed by atoms with Gasteiger partial charge in [0.25, 0.3) is 0 Å². The van der Waals surface area contributed by atoms with Crippen LogP contribution in [0.3, 0.4) is 0 Å². The van der Waals surface area contributed by atoms with E-state index in [0.717, 1.165) is 36.0 Å². The number of aliphatic imine (C=N–C) groups is 1. The molecule has 2 rings (SSSR count). The fourth-order valence-corrected chi connectivity index (χ4v) is 2.03. The molecule has 1 aliphatic rings. The van der Waals surface area contributed by atoms with E-state index >= 15 is 0 Å². The molecule has 98 valence electrons. The lowest BCUT2D eigenvalue weighted by atomic mass is 10.2. The van der Waals surface area contributed by atoms with Crippen LogP contribution >= 0.6 is 0 Å². The Morgan fingerprint density at radius 3 is 2.78 bits per heavy atom. The highest BCUT2D eigenvalue weighted by Crippen LogP contribution is 2.29. The van der Waals surface area contributed by atoms with Crippen molar-refractivity contribution in [2.75, 3.05) is 26.1 Å². The van der Waals surface area contributed by atoms with Crippen molar-refractivity contribution in [2.24, 2.45) is 4.99 Å². The maximum absolute atomic E-state index is 5.36. The maximum Gasteiger partial charge on any atom is 0.146 e. The van der Waals surface area contributed by atoms with E-state index in [1.54, 1.807) is 14.2 Å². The average Bonchev–Trinajstić information content (AvgIpc) is 2.68. The van der Waals surface area contributed by atoms with Crippen LogP contribution in [0.15, 0.2) is 23.2 Å². The van der Waals surface area contributed by atoms with Crippen molar-refractivity contribution in [3.63, 3.8) is 0 Å². The highest BCUT2D eigenvalue weighted by molar-refractivity contribution is 5.96. The molecule has 1 aromatic carbocycles. The van der Waals surface area contributed by atoms with Crippen LogP contribution in [0.2, 0.25) is 0 Å². The topological polar surface area (TPSA) is 42.8 Å². The summed E-state index contributed by atoms with van der Waals surface area (Å²) in [4.78, 5) is 4.56. The third kappa shape index (κ3) is 3.15. The van der Waals surface area contributed by atoms with Gasteiger partial charge in [-0.2, -0.15) is 0 Å². The smallest absolute Gasteiger partial charge is 0.146 e.